The van der Waals surface area contributed by atoms with Crippen LogP contribution in [0.15, 0.2) is 0 Å². The molecule has 0 N–H and O–H groups in total. The third-order valence-corrected chi connectivity index (χ3v) is 0. The summed E-state index contributed by atoms with van der Waals surface area (Å²) in [5.41, 5.74) is 0. The van der Waals surface area contributed by atoms with Gasteiger partial charge in [0, 0.05) is 0 Å². The Labute approximate surface area is 156 Å². The van der Waals surface area contributed by atoms with Gasteiger partial charge in [0.2, 0.25) is 0 Å². The Kier molecular flexibility index (Phi) is 266. The Morgan fingerprint density at radius 3 is 0.471 bits per heavy atom. The molecular weight excluding hydrogens is 578 g/mol. The van der Waals surface area contributed by atoms with Gasteiger partial charge in [0.1, 0.15) is 0 Å². The Morgan fingerprint density at radius 2 is 0.471 bits per heavy atom. The third kappa shape index (κ3) is 1130. The summed E-state index contributed by atoms with van der Waals surface area (Å²) >= 11 is -10.9. The first kappa shape index (κ1) is 42.7. The van der Waals surface area contributed by atoms with Crippen molar-refractivity contribution in [2.45, 2.75) is 0 Å². The van der Waals surface area contributed by atoms with Crippen LogP contribution in [0, 0.1) is 0 Å². The van der Waals surface area contributed by atoms with Crippen LogP contribution in [0.4, 0.5) is 0 Å². The Balaban J connectivity index is -0.0000000143. The fourth-order valence-electron chi connectivity index (χ4n) is 0. The van der Waals surface area contributed by atoms with Gasteiger partial charge in [-0.2, -0.15) is 0 Å². The van der Waals surface area contributed by atoms with Crippen LogP contribution < -0.4 is 39.5 Å². The van der Waals surface area contributed by atoms with Gasteiger partial charge in [-0.15, -0.1) is 0 Å². The van der Waals surface area contributed by atoms with Crippen LogP contribution in [0.5, 0.6) is 0 Å². The summed E-state index contributed by atoms with van der Waals surface area (Å²) in [6.45, 7) is 0. The molecule has 0 rings (SSSR count). The minimum atomic E-state index is -2.19. The zero-order valence-electron chi connectivity index (χ0n) is 8.47. The van der Waals surface area contributed by atoms with Gasteiger partial charge in [0.25, 0.3) is 0 Å². The Bertz CT molecular complexity index is 97.0. The third-order valence-electron chi connectivity index (χ3n) is 0. The second kappa shape index (κ2) is 106. The SMILES string of the molecule is [Li+].[O]=[GeH][O-].[O]=[GeH][O-].[O]=[GeH][O-].[O]=[GeH][O-].[O]=[GeH][O-].[Ti+4]. The van der Waals surface area contributed by atoms with Crippen LogP contribution in [-0.4, -0.2) is 78.5 Å². The molecule has 0 aliphatic heterocycles. The number of rotatable bonds is 0. The summed E-state index contributed by atoms with van der Waals surface area (Å²) < 4.78 is 85.3. The standard InChI is InChI=1S/5GeHO2.Li.Ti/c5*2-1-3;;/h5*1H;;/q5*-1;+1;+4. The second-order valence-electron chi connectivity index (χ2n) is 0.481. The van der Waals surface area contributed by atoms with Gasteiger partial charge >= 0.3 is 159 Å². The van der Waals surface area contributed by atoms with Crippen LogP contribution in [0.3, 0.4) is 0 Å². The summed E-state index contributed by atoms with van der Waals surface area (Å²) in [7, 11) is 0. The molecule has 90 valence electrons. The first-order valence-electron chi connectivity index (χ1n) is 2.36. The predicted molar refractivity (Wildman–Crippen MR) is 39.2 cm³/mol. The van der Waals surface area contributed by atoms with Crippen molar-refractivity contribution < 1.29 is 80.1 Å². The van der Waals surface area contributed by atoms with E-state index in [2.05, 4.69) is 0 Å². The van der Waals surface area contributed by atoms with E-state index in [9.17, 15) is 0 Å². The van der Waals surface area contributed by atoms with Crippen molar-refractivity contribution in [1.29, 1.82) is 0 Å². The normalized spacial score (nSPS) is 3.53. The fraction of sp³-hybridized carbons (Fsp3) is 0. The molecule has 0 atom stereocenters. The second-order valence-corrected chi connectivity index (χ2v) is 2.50. The monoisotopic (exact) mass is 590 g/mol. The van der Waals surface area contributed by atoms with Crippen LogP contribution in [-0.2, 0) is 40.6 Å². The molecule has 0 aromatic heterocycles. The summed E-state index contributed by atoms with van der Waals surface area (Å²) in [5, 5.41) is 0. The molecule has 0 heterocycles. The topological polar surface area (TPSA) is 201 Å². The van der Waals surface area contributed by atoms with E-state index in [-0.39, 0.29) is 40.6 Å². The zero-order valence-corrected chi connectivity index (χ0v) is 22.1. The maximum atomic E-state index is 8.53. The molecule has 0 aromatic carbocycles. The van der Waals surface area contributed by atoms with Crippen molar-refractivity contribution in [2.75, 3.05) is 0 Å². The molecule has 0 aliphatic rings. The first-order valence-corrected chi connectivity index (χ1v) is 12.2. The van der Waals surface area contributed by atoms with Crippen molar-refractivity contribution in [3.63, 3.8) is 0 Å². The Morgan fingerprint density at radius 1 is 0.471 bits per heavy atom. The molecule has 10 nitrogen and oxygen atoms in total. The van der Waals surface area contributed by atoms with E-state index in [0.717, 1.165) is 0 Å². The minimum absolute atomic E-state index is 0. The van der Waals surface area contributed by atoms with Gasteiger partial charge in [0.15, 0.2) is 0 Å². The van der Waals surface area contributed by atoms with Gasteiger partial charge in [-0.25, -0.2) is 0 Å². The molecule has 17 heteroatoms. The van der Waals surface area contributed by atoms with Gasteiger partial charge in [-0.3, -0.25) is 0 Å². The van der Waals surface area contributed by atoms with Gasteiger partial charge < -0.3 is 0 Å². The summed E-state index contributed by atoms with van der Waals surface area (Å²) in [6.07, 6.45) is 0. The number of hydrogen-bond acceptors (Lipinski definition) is 10. The first-order chi connectivity index (χ1) is 7.07. The van der Waals surface area contributed by atoms with E-state index in [4.69, 9.17) is 39.6 Å². The summed E-state index contributed by atoms with van der Waals surface area (Å²) in [4.78, 5) is 0. The molecule has 0 saturated heterocycles. The van der Waals surface area contributed by atoms with Crippen molar-refractivity contribution >= 4 is 78.5 Å². The average molecular weight is 583 g/mol. The molecule has 0 aromatic rings. The minimum Gasteiger partial charge on any atom is 4.00 e. The summed E-state index contributed by atoms with van der Waals surface area (Å²) in [6, 6.07) is 0. The molecule has 17 heavy (non-hydrogen) atoms. The molecule has 0 amide bonds. The Hall–Kier alpha value is 2.03. The maximum Gasteiger partial charge on any atom is 4.00 e. The average Bonchev–Trinajstić information content (AvgIpc) is 2.09. The molecule has 0 radical (unpaired) electrons. The van der Waals surface area contributed by atoms with E-state index < -0.39 is 78.5 Å². The molecule has 0 aliphatic carbocycles. The van der Waals surface area contributed by atoms with Crippen molar-refractivity contribution in [1.82, 2.24) is 0 Å². The van der Waals surface area contributed by atoms with Gasteiger partial charge in [0.05, 0.1) is 0 Å². The quantitative estimate of drug-likeness (QED) is 0.247. The van der Waals surface area contributed by atoms with Crippen LogP contribution in [0.2, 0.25) is 0 Å². The molecular formula is H5Ge5LiO10Ti. The molecule has 0 unspecified atom stereocenters. The van der Waals surface area contributed by atoms with Crippen LogP contribution in [0.25, 0.3) is 0 Å². The van der Waals surface area contributed by atoms with E-state index in [1.54, 1.807) is 0 Å². The van der Waals surface area contributed by atoms with Crippen molar-refractivity contribution in [3.8, 4) is 0 Å². The van der Waals surface area contributed by atoms with Crippen LogP contribution in [0.1, 0.15) is 0 Å². The van der Waals surface area contributed by atoms with E-state index in [1.807, 2.05) is 0 Å². The van der Waals surface area contributed by atoms with Crippen molar-refractivity contribution in [3.05, 3.63) is 0 Å². The van der Waals surface area contributed by atoms with E-state index in [1.165, 1.54) is 0 Å². The maximum absolute atomic E-state index is 8.53. The van der Waals surface area contributed by atoms with Gasteiger partial charge in [-0.1, -0.05) is 0 Å². The predicted octanol–water partition coefficient (Wildman–Crippen LogP) is -12.8. The molecule has 0 bridgehead atoms. The summed E-state index contributed by atoms with van der Waals surface area (Å²) in [5.74, 6) is 0. The fourth-order valence-corrected chi connectivity index (χ4v) is 0. The molecule has 0 saturated carbocycles. The largest absolute Gasteiger partial charge is 4.00 e. The molecule has 0 spiro atoms. The number of hydrogen-bond donors (Lipinski definition) is 0. The van der Waals surface area contributed by atoms with Crippen LogP contribution >= 0.6 is 0 Å². The van der Waals surface area contributed by atoms with E-state index in [0.29, 0.717) is 0 Å². The van der Waals surface area contributed by atoms with Crippen molar-refractivity contribution in [2.24, 2.45) is 0 Å². The van der Waals surface area contributed by atoms with Gasteiger partial charge in [-0.05, 0) is 0 Å². The molecule has 0 fully saturated rings. The van der Waals surface area contributed by atoms with E-state index >= 15 is 0 Å². The smallest absolute Gasteiger partial charge is 4.00 e. The zero-order chi connectivity index (χ0) is 13.5.